The van der Waals surface area contributed by atoms with Gasteiger partial charge in [0.25, 0.3) is 0 Å². The van der Waals surface area contributed by atoms with Crippen LogP contribution in [0.3, 0.4) is 0 Å². The standard InChI is InChI=1S/C12H22N2/c1-9-6-12(7-13-9)14-8-10-2-4-11(14)5-3-10/h9-13H,2-8H2,1H3. The summed E-state index contributed by atoms with van der Waals surface area (Å²) in [5.41, 5.74) is 0. The van der Waals surface area contributed by atoms with E-state index in [0.29, 0.717) is 0 Å². The zero-order valence-electron chi connectivity index (χ0n) is 9.21. The van der Waals surface area contributed by atoms with Crippen LogP contribution < -0.4 is 5.32 Å². The Labute approximate surface area is 87.0 Å². The molecule has 0 spiro atoms. The van der Waals surface area contributed by atoms with Gasteiger partial charge in [0.1, 0.15) is 0 Å². The highest BCUT2D eigenvalue weighted by molar-refractivity contribution is 4.95. The number of hydrogen-bond donors (Lipinski definition) is 1. The lowest BCUT2D eigenvalue weighted by Gasteiger charge is -2.48. The lowest BCUT2D eigenvalue weighted by atomic mass is 9.79. The number of hydrogen-bond acceptors (Lipinski definition) is 2. The van der Waals surface area contributed by atoms with E-state index in [1.165, 1.54) is 45.2 Å². The first kappa shape index (κ1) is 9.17. The zero-order valence-corrected chi connectivity index (χ0v) is 9.21. The third-order valence-corrected chi connectivity index (χ3v) is 4.55. The third kappa shape index (κ3) is 1.49. The molecule has 4 fully saturated rings. The molecule has 0 aromatic carbocycles. The van der Waals surface area contributed by atoms with Crippen molar-refractivity contribution >= 4 is 0 Å². The maximum atomic E-state index is 3.58. The summed E-state index contributed by atoms with van der Waals surface area (Å²) in [6.07, 6.45) is 7.36. The molecule has 80 valence electrons. The monoisotopic (exact) mass is 194 g/mol. The molecule has 1 N–H and O–H groups in total. The molecule has 3 saturated heterocycles. The van der Waals surface area contributed by atoms with E-state index >= 15 is 0 Å². The number of rotatable bonds is 1. The molecule has 0 radical (unpaired) electrons. The molecule has 4 rings (SSSR count). The lowest BCUT2D eigenvalue weighted by Crippen LogP contribution is -2.53. The summed E-state index contributed by atoms with van der Waals surface area (Å²) >= 11 is 0. The van der Waals surface area contributed by atoms with E-state index in [2.05, 4.69) is 17.1 Å². The Morgan fingerprint density at radius 1 is 1.07 bits per heavy atom. The average molecular weight is 194 g/mol. The Kier molecular flexibility index (Phi) is 2.29. The van der Waals surface area contributed by atoms with Crippen molar-refractivity contribution in [1.29, 1.82) is 0 Å². The lowest BCUT2D eigenvalue weighted by molar-refractivity contribution is 0.0192. The van der Waals surface area contributed by atoms with E-state index in [1.54, 1.807) is 0 Å². The number of nitrogens with zero attached hydrogens (tertiary/aromatic N) is 1. The largest absolute Gasteiger partial charge is 0.313 e. The van der Waals surface area contributed by atoms with Crippen LogP contribution in [0.2, 0.25) is 0 Å². The van der Waals surface area contributed by atoms with Crippen LogP contribution in [-0.2, 0) is 0 Å². The van der Waals surface area contributed by atoms with Crippen LogP contribution in [0.15, 0.2) is 0 Å². The molecule has 2 bridgehead atoms. The highest BCUT2D eigenvalue weighted by Gasteiger charge is 2.38. The van der Waals surface area contributed by atoms with Crippen LogP contribution in [0.4, 0.5) is 0 Å². The fourth-order valence-corrected chi connectivity index (χ4v) is 3.72. The molecule has 0 aromatic rings. The van der Waals surface area contributed by atoms with Gasteiger partial charge in [-0.2, -0.15) is 0 Å². The Bertz CT molecular complexity index is 208. The summed E-state index contributed by atoms with van der Waals surface area (Å²) in [6, 6.07) is 2.55. The molecule has 4 aliphatic rings. The van der Waals surface area contributed by atoms with Crippen LogP contribution in [0, 0.1) is 5.92 Å². The van der Waals surface area contributed by atoms with Crippen molar-refractivity contribution in [3.63, 3.8) is 0 Å². The molecule has 2 heteroatoms. The molecule has 2 nitrogen and oxygen atoms in total. The fourth-order valence-electron chi connectivity index (χ4n) is 3.72. The first-order chi connectivity index (χ1) is 6.83. The first-order valence-electron chi connectivity index (χ1n) is 6.32. The molecule has 14 heavy (non-hydrogen) atoms. The molecule has 0 amide bonds. The second kappa shape index (κ2) is 3.49. The van der Waals surface area contributed by atoms with Crippen LogP contribution in [0.25, 0.3) is 0 Å². The number of nitrogens with one attached hydrogen (secondary N) is 1. The van der Waals surface area contributed by atoms with Gasteiger partial charge >= 0.3 is 0 Å². The van der Waals surface area contributed by atoms with Crippen molar-refractivity contribution in [3.05, 3.63) is 0 Å². The summed E-state index contributed by atoms with van der Waals surface area (Å²) in [5.74, 6) is 1.04. The minimum Gasteiger partial charge on any atom is -0.313 e. The van der Waals surface area contributed by atoms with E-state index in [-0.39, 0.29) is 0 Å². The molecule has 3 heterocycles. The maximum Gasteiger partial charge on any atom is 0.0238 e. The highest BCUT2D eigenvalue weighted by atomic mass is 15.2. The highest BCUT2D eigenvalue weighted by Crippen LogP contribution is 2.37. The maximum absolute atomic E-state index is 3.58. The van der Waals surface area contributed by atoms with Gasteiger partial charge in [-0.3, -0.25) is 4.90 Å². The summed E-state index contributed by atoms with van der Waals surface area (Å²) in [5, 5.41) is 3.58. The molecule has 0 aromatic heterocycles. The Balaban J connectivity index is 1.67. The fraction of sp³-hybridized carbons (Fsp3) is 1.00. The molecule has 1 aliphatic carbocycles. The van der Waals surface area contributed by atoms with Crippen molar-refractivity contribution < 1.29 is 0 Å². The quantitative estimate of drug-likeness (QED) is 0.682. The van der Waals surface area contributed by atoms with Crippen molar-refractivity contribution in [2.75, 3.05) is 13.1 Å². The molecule has 2 atom stereocenters. The summed E-state index contributed by atoms with van der Waals surface area (Å²) in [6.45, 7) is 4.97. The topological polar surface area (TPSA) is 15.3 Å². The summed E-state index contributed by atoms with van der Waals surface area (Å²) < 4.78 is 0. The molecular weight excluding hydrogens is 172 g/mol. The van der Waals surface area contributed by atoms with Crippen molar-refractivity contribution in [2.24, 2.45) is 5.92 Å². The number of fused-ring (bicyclic) bond motifs is 3. The van der Waals surface area contributed by atoms with Gasteiger partial charge in [-0.25, -0.2) is 0 Å². The van der Waals surface area contributed by atoms with Gasteiger partial charge in [0.15, 0.2) is 0 Å². The Hall–Kier alpha value is -0.0800. The van der Waals surface area contributed by atoms with Gasteiger partial charge in [-0.1, -0.05) is 0 Å². The van der Waals surface area contributed by atoms with Gasteiger partial charge in [0.05, 0.1) is 0 Å². The van der Waals surface area contributed by atoms with Crippen molar-refractivity contribution in [1.82, 2.24) is 10.2 Å². The second-order valence-corrected chi connectivity index (χ2v) is 5.57. The van der Waals surface area contributed by atoms with Gasteiger partial charge in [-0.15, -0.1) is 0 Å². The van der Waals surface area contributed by atoms with E-state index in [1.807, 2.05) is 0 Å². The molecule has 3 aliphatic heterocycles. The predicted molar refractivity (Wildman–Crippen MR) is 58.3 cm³/mol. The average Bonchev–Trinajstić information content (AvgIpc) is 2.66. The second-order valence-electron chi connectivity index (χ2n) is 5.57. The van der Waals surface area contributed by atoms with E-state index in [0.717, 1.165) is 24.0 Å². The minimum atomic E-state index is 0.750. The minimum absolute atomic E-state index is 0.750. The molecular formula is C12H22N2. The van der Waals surface area contributed by atoms with Crippen molar-refractivity contribution in [3.8, 4) is 0 Å². The van der Waals surface area contributed by atoms with E-state index < -0.39 is 0 Å². The van der Waals surface area contributed by atoms with Gasteiger partial charge < -0.3 is 5.32 Å². The van der Waals surface area contributed by atoms with E-state index in [9.17, 15) is 0 Å². The van der Waals surface area contributed by atoms with Crippen LogP contribution in [0.1, 0.15) is 39.0 Å². The normalized spacial score (nSPS) is 48.6. The summed E-state index contributed by atoms with van der Waals surface area (Å²) in [4.78, 5) is 2.83. The van der Waals surface area contributed by atoms with Gasteiger partial charge in [-0.05, 0) is 44.9 Å². The number of piperidine rings is 2. The zero-order chi connectivity index (χ0) is 9.54. The first-order valence-corrected chi connectivity index (χ1v) is 6.32. The summed E-state index contributed by atoms with van der Waals surface area (Å²) in [7, 11) is 0. The Morgan fingerprint density at radius 3 is 2.36 bits per heavy atom. The Morgan fingerprint density at radius 2 is 1.86 bits per heavy atom. The SMILES string of the molecule is CC1CC(N2CC3CCC2CC3)CN1. The van der Waals surface area contributed by atoms with Crippen LogP contribution in [-0.4, -0.2) is 36.1 Å². The third-order valence-electron chi connectivity index (χ3n) is 4.55. The van der Waals surface area contributed by atoms with Crippen LogP contribution in [0.5, 0.6) is 0 Å². The molecule has 2 unspecified atom stereocenters. The van der Waals surface area contributed by atoms with E-state index in [4.69, 9.17) is 0 Å². The van der Waals surface area contributed by atoms with Crippen LogP contribution >= 0.6 is 0 Å². The van der Waals surface area contributed by atoms with Gasteiger partial charge in [0.2, 0.25) is 0 Å². The predicted octanol–water partition coefficient (Wildman–Crippen LogP) is 1.61. The smallest absolute Gasteiger partial charge is 0.0238 e. The van der Waals surface area contributed by atoms with Gasteiger partial charge in [0, 0.05) is 31.2 Å². The van der Waals surface area contributed by atoms with Crippen molar-refractivity contribution in [2.45, 2.75) is 57.2 Å². The molecule has 1 saturated carbocycles.